The summed E-state index contributed by atoms with van der Waals surface area (Å²) in [5.41, 5.74) is 3.85. The number of aryl methyl sites for hydroxylation is 2. The van der Waals surface area contributed by atoms with Gasteiger partial charge in [0.2, 0.25) is 0 Å². The van der Waals surface area contributed by atoms with Crippen molar-refractivity contribution in [2.45, 2.75) is 45.1 Å². The van der Waals surface area contributed by atoms with E-state index in [1.165, 1.54) is 0 Å². The Hall–Kier alpha value is -3.02. The van der Waals surface area contributed by atoms with Gasteiger partial charge < -0.3 is 4.90 Å². The molecule has 1 saturated heterocycles. The van der Waals surface area contributed by atoms with Crippen LogP contribution in [0.1, 0.15) is 47.3 Å². The number of carbonyl (C=O) groups excluding carboxylic acids is 1. The summed E-state index contributed by atoms with van der Waals surface area (Å²) in [5, 5.41) is 5.64. The van der Waals surface area contributed by atoms with Gasteiger partial charge in [0, 0.05) is 42.8 Å². The summed E-state index contributed by atoms with van der Waals surface area (Å²) in [5.74, 6) is 0.449. The number of amides is 1. The maximum Gasteiger partial charge on any atom is 0.267 e. The highest BCUT2D eigenvalue weighted by molar-refractivity contribution is 5.97. The Labute approximate surface area is 175 Å². The molecule has 154 valence electrons. The smallest absolute Gasteiger partial charge is 0.267 e. The molecule has 1 aromatic carbocycles. The molecule has 0 spiro atoms. The first kappa shape index (κ1) is 19.0. The molecule has 0 unspecified atom stereocenters. The minimum absolute atomic E-state index is 0.0129. The highest BCUT2D eigenvalue weighted by Gasteiger charge is 2.25. The first-order valence-corrected chi connectivity index (χ1v) is 10.9. The summed E-state index contributed by atoms with van der Waals surface area (Å²) in [6.45, 7) is 2.08. The van der Waals surface area contributed by atoms with Crippen LogP contribution in [-0.2, 0) is 19.4 Å². The number of benzene rings is 1. The van der Waals surface area contributed by atoms with E-state index in [0.29, 0.717) is 31.1 Å². The van der Waals surface area contributed by atoms with Gasteiger partial charge in [-0.1, -0.05) is 6.07 Å². The number of hydrogen-bond donors (Lipinski definition) is 0. The summed E-state index contributed by atoms with van der Waals surface area (Å²) in [4.78, 5) is 31.7. The third kappa shape index (κ3) is 3.74. The number of piperidine rings is 1. The van der Waals surface area contributed by atoms with E-state index in [9.17, 15) is 9.59 Å². The standard InChI is InChI=1S/C24H26N4O2/c29-23-15-19-4-1-2-6-22(19)26-28(23)16-17-9-12-27(13-10-17)24(30)20-7-8-21-18(14-20)5-3-11-25-21/h3,5,7-8,11,14-15,17H,1-2,4,6,9-10,12-13,16H2. The van der Waals surface area contributed by atoms with Crippen molar-refractivity contribution in [2.24, 2.45) is 5.92 Å². The van der Waals surface area contributed by atoms with Crippen LogP contribution in [-0.4, -0.2) is 38.7 Å². The number of pyridine rings is 1. The van der Waals surface area contributed by atoms with Gasteiger partial charge in [-0.3, -0.25) is 14.6 Å². The van der Waals surface area contributed by atoms with Crippen molar-refractivity contribution in [2.75, 3.05) is 13.1 Å². The molecule has 6 nitrogen and oxygen atoms in total. The minimum Gasteiger partial charge on any atom is -0.339 e. The number of rotatable bonds is 3. The van der Waals surface area contributed by atoms with Crippen molar-refractivity contribution in [1.29, 1.82) is 0 Å². The van der Waals surface area contributed by atoms with Crippen LogP contribution in [0.2, 0.25) is 0 Å². The van der Waals surface area contributed by atoms with Gasteiger partial charge in [-0.25, -0.2) is 4.68 Å². The zero-order chi connectivity index (χ0) is 20.5. The predicted molar refractivity (Wildman–Crippen MR) is 116 cm³/mol. The van der Waals surface area contributed by atoms with Crippen molar-refractivity contribution in [3.05, 3.63) is 69.8 Å². The third-order valence-electron chi connectivity index (χ3n) is 6.46. The Morgan fingerprint density at radius 2 is 1.90 bits per heavy atom. The lowest BCUT2D eigenvalue weighted by molar-refractivity contribution is 0.0680. The average Bonchev–Trinajstić information content (AvgIpc) is 2.79. The van der Waals surface area contributed by atoms with Crippen molar-refractivity contribution >= 4 is 16.8 Å². The normalized spacial score (nSPS) is 17.1. The van der Waals surface area contributed by atoms with Crippen molar-refractivity contribution < 1.29 is 4.79 Å². The van der Waals surface area contributed by atoms with Gasteiger partial charge in [0.1, 0.15) is 0 Å². The summed E-state index contributed by atoms with van der Waals surface area (Å²) in [7, 11) is 0. The Kier molecular flexibility index (Phi) is 5.07. The first-order valence-electron chi connectivity index (χ1n) is 10.9. The number of hydrogen-bond acceptors (Lipinski definition) is 4. The van der Waals surface area contributed by atoms with Crippen molar-refractivity contribution in [3.8, 4) is 0 Å². The second-order valence-corrected chi connectivity index (χ2v) is 8.49. The summed E-state index contributed by atoms with van der Waals surface area (Å²) < 4.78 is 1.66. The number of aromatic nitrogens is 3. The van der Waals surface area contributed by atoms with E-state index in [1.807, 2.05) is 35.2 Å². The zero-order valence-corrected chi connectivity index (χ0v) is 17.1. The van der Waals surface area contributed by atoms with Gasteiger partial charge in [-0.2, -0.15) is 5.10 Å². The molecule has 1 aliphatic heterocycles. The van der Waals surface area contributed by atoms with Crippen LogP contribution in [0.4, 0.5) is 0 Å². The van der Waals surface area contributed by atoms with Crippen LogP contribution in [0, 0.1) is 5.92 Å². The minimum atomic E-state index is 0.0129. The first-order chi connectivity index (χ1) is 14.7. The van der Waals surface area contributed by atoms with E-state index in [0.717, 1.165) is 60.7 Å². The monoisotopic (exact) mass is 402 g/mol. The molecule has 6 heteroatoms. The van der Waals surface area contributed by atoms with Crippen molar-refractivity contribution in [1.82, 2.24) is 19.7 Å². The molecule has 3 aromatic rings. The van der Waals surface area contributed by atoms with Gasteiger partial charge >= 0.3 is 0 Å². The fourth-order valence-electron chi connectivity index (χ4n) is 4.69. The van der Waals surface area contributed by atoms with Crippen LogP contribution in [0.5, 0.6) is 0 Å². The molecular weight excluding hydrogens is 376 g/mol. The summed E-state index contributed by atoms with van der Waals surface area (Å²) in [6, 6.07) is 11.3. The predicted octanol–water partition coefficient (Wildman–Crippen LogP) is 3.22. The van der Waals surface area contributed by atoms with Crippen LogP contribution in [0.25, 0.3) is 10.9 Å². The Balaban J connectivity index is 1.24. The molecule has 0 saturated carbocycles. The largest absolute Gasteiger partial charge is 0.339 e. The highest BCUT2D eigenvalue weighted by atomic mass is 16.2. The van der Waals surface area contributed by atoms with E-state index < -0.39 is 0 Å². The van der Waals surface area contributed by atoms with E-state index in [2.05, 4.69) is 10.1 Å². The second kappa shape index (κ2) is 8.01. The molecule has 2 aliphatic rings. The third-order valence-corrected chi connectivity index (χ3v) is 6.46. The average molecular weight is 402 g/mol. The second-order valence-electron chi connectivity index (χ2n) is 8.49. The lowest BCUT2D eigenvalue weighted by Crippen LogP contribution is -2.40. The number of carbonyl (C=O) groups is 1. The van der Waals surface area contributed by atoms with E-state index in [4.69, 9.17) is 0 Å². The van der Waals surface area contributed by atoms with Gasteiger partial charge in [-0.15, -0.1) is 0 Å². The van der Waals surface area contributed by atoms with Crippen LogP contribution < -0.4 is 5.56 Å². The van der Waals surface area contributed by atoms with Crippen LogP contribution in [0.15, 0.2) is 47.4 Å². The topological polar surface area (TPSA) is 68.1 Å². The van der Waals surface area contributed by atoms with Gasteiger partial charge in [0.25, 0.3) is 11.5 Å². The quantitative estimate of drug-likeness (QED) is 0.675. The fraction of sp³-hybridized carbons (Fsp3) is 0.417. The molecule has 0 radical (unpaired) electrons. The van der Waals surface area contributed by atoms with Crippen molar-refractivity contribution in [3.63, 3.8) is 0 Å². The maximum absolute atomic E-state index is 13.0. The Morgan fingerprint density at radius 3 is 2.77 bits per heavy atom. The molecule has 1 amide bonds. The number of likely N-dealkylation sites (tertiary alicyclic amines) is 1. The molecule has 30 heavy (non-hydrogen) atoms. The van der Waals surface area contributed by atoms with Gasteiger partial charge in [0.05, 0.1) is 11.2 Å². The van der Waals surface area contributed by atoms with Crippen LogP contribution in [0.3, 0.4) is 0 Å². The summed E-state index contributed by atoms with van der Waals surface area (Å²) in [6.07, 6.45) is 7.81. The van der Waals surface area contributed by atoms with Crippen LogP contribution >= 0.6 is 0 Å². The molecule has 2 aromatic heterocycles. The van der Waals surface area contributed by atoms with E-state index in [1.54, 1.807) is 16.9 Å². The molecule has 1 fully saturated rings. The molecular formula is C24H26N4O2. The molecule has 0 atom stereocenters. The molecule has 0 N–H and O–H groups in total. The van der Waals surface area contributed by atoms with E-state index in [-0.39, 0.29) is 11.5 Å². The number of nitrogens with zero attached hydrogens (tertiary/aromatic N) is 4. The lowest BCUT2D eigenvalue weighted by atomic mass is 9.95. The molecule has 5 rings (SSSR count). The summed E-state index contributed by atoms with van der Waals surface area (Å²) >= 11 is 0. The lowest BCUT2D eigenvalue weighted by Gasteiger charge is -2.32. The molecule has 0 bridgehead atoms. The SMILES string of the molecule is O=C(c1ccc2ncccc2c1)N1CCC(Cn2nc3c(cc2=O)CCCC3)CC1. The molecule has 3 heterocycles. The Bertz CT molecular complexity index is 1150. The Morgan fingerprint density at radius 1 is 1.07 bits per heavy atom. The zero-order valence-electron chi connectivity index (χ0n) is 17.1. The highest BCUT2D eigenvalue weighted by Crippen LogP contribution is 2.22. The number of fused-ring (bicyclic) bond motifs is 2. The van der Waals surface area contributed by atoms with Gasteiger partial charge in [-0.05, 0) is 74.3 Å². The van der Waals surface area contributed by atoms with Gasteiger partial charge in [0.15, 0.2) is 0 Å². The molecule has 1 aliphatic carbocycles. The van der Waals surface area contributed by atoms with E-state index >= 15 is 0 Å². The maximum atomic E-state index is 13.0. The fourth-order valence-corrected chi connectivity index (χ4v) is 4.69.